The molecule has 1 aromatic carbocycles. The predicted molar refractivity (Wildman–Crippen MR) is 101 cm³/mol. The van der Waals surface area contributed by atoms with Crippen LogP contribution in [0.2, 0.25) is 0 Å². The van der Waals surface area contributed by atoms with E-state index in [1.165, 1.54) is 4.90 Å². The van der Waals surface area contributed by atoms with Gasteiger partial charge in [0, 0.05) is 47.8 Å². The van der Waals surface area contributed by atoms with Crippen LogP contribution in [0.25, 0.3) is 0 Å². The second kappa shape index (κ2) is 10.4. The fourth-order valence-electron chi connectivity index (χ4n) is 2.08. The lowest BCUT2D eigenvalue weighted by Gasteiger charge is -2.26. The largest absolute Gasteiger partial charge is 0.379 e. The van der Waals surface area contributed by atoms with Crippen molar-refractivity contribution in [1.29, 1.82) is 0 Å². The quantitative estimate of drug-likeness (QED) is 0.413. The number of nitrogens with zero attached hydrogens (tertiary/aromatic N) is 1. The molecule has 1 aliphatic rings. The molecule has 7 heteroatoms. The van der Waals surface area contributed by atoms with E-state index >= 15 is 0 Å². The van der Waals surface area contributed by atoms with E-state index in [2.05, 4.69) is 55.7 Å². The van der Waals surface area contributed by atoms with E-state index in [4.69, 9.17) is 17.0 Å². The van der Waals surface area contributed by atoms with E-state index in [9.17, 15) is 0 Å². The lowest BCUT2D eigenvalue weighted by atomic mass is 10.4. The number of halogens is 1. The van der Waals surface area contributed by atoms with Crippen molar-refractivity contribution in [3.8, 4) is 0 Å². The Kier molecular flexibility index (Phi) is 8.54. The maximum Gasteiger partial charge on any atom is 0.166 e. The van der Waals surface area contributed by atoms with Crippen molar-refractivity contribution in [3.05, 3.63) is 28.7 Å². The first-order valence-corrected chi connectivity index (χ1v) is 9.63. The van der Waals surface area contributed by atoms with Gasteiger partial charge in [0.1, 0.15) is 0 Å². The molecule has 122 valence electrons. The smallest absolute Gasteiger partial charge is 0.166 e. The van der Waals surface area contributed by atoms with Gasteiger partial charge in [-0.2, -0.15) is 0 Å². The number of thiocarbonyl (C=S) groups is 1. The van der Waals surface area contributed by atoms with Crippen LogP contribution in [0.15, 0.2) is 33.6 Å². The number of hydrogen-bond acceptors (Lipinski definition) is 4. The lowest BCUT2D eigenvalue weighted by Crippen LogP contribution is -2.43. The number of ether oxygens (including phenoxy) is 1. The van der Waals surface area contributed by atoms with Crippen LogP contribution < -0.4 is 10.6 Å². The summed E-state index contributed by atoms with van der Waals surface area (Å²) in [5.41, 5.74) is 0. The highest BCUT2D eigenvalue weighted by molar-refractivity contribution is 9.10. The maximum absolute atomic E-state index is 5.33. The molecule has 2 rings (SSSR count). The zero-order valence-corrected chi connectivity index (χ0v) is 15.7. The molecule has 0 atom stereocenters. The van der Waals surface area contributed by atoms with Crippen LogP contribution in [-0.2, 0) is 4.74 Å². The highest BCUT2D eigenvalue weighted by Crippen LogP contribution is 2.19. The molecule has 0 radical (unpaired) electrons. The van der Waals surface area contributed by atoms with E-state index < -0.39 is 0 Å². The Bertz CT molecular complexity index is 453. The van der Waals surface area contributed by atoms with Gasteiger partial charge < -0.3 is 15.4 Å². The Morgan fingerprint density at radius 1 is 1.18 bits per heavy atom. The Morgan fingerprint density at radius 3 is 2.59 bits per heavy atom. The molecule has 0 aromatic heterocycles. The Morgan fingerprint density at radius 2 is 1.86 bits per heavy atom. The van der Waals surface area contributed by atoms with Gasteiger partial charge in [0.25, 0.3) is 0 Å². The van der Waals surface area contributed by atoms with Gasteiger partial charge in [0.2, 0.25) is 0 Å². The molecule has 1 saturated heterocycles. The van der Waals surface area contributed by atoms with Crippen molar-refractivity contribution in [2.75, 3.05) is 51.7 Å². The van der Waals surface area contributed by atoms with Gasteiger partial charge in [-0.05, 0) is 36.5 Å². The van der Waals surface area contributed by atoms with Gasteiger partial charge in [-0.25, -0.2) is 0 Å². The summed E-state index contributed by atoms with van der Waals surface area (Å²) in [4.78, 5) is 3.67. The fraction of sp³-hybridized carbons (Fsp3) is 0.533. The van der Waals surface area contributed by atoms with Gasteiger partial charge in [-0.3, -0.25) is 4.90 Å². The summed E-state index contributed by atoms with van der Waals surface area (Å²) in [6.45, 7) is 6.48. The SMILES string of the molecule is S=C(NCCSc1ccc(Br)cc1)NCCN1CCOCC1. The standard InChI is InChI=1S/C15H22BrN3OS2/c16-13-1-3-14(4-2-13)22-12-6-18-15(21)17-5-7-19-8-10-20-11-9-19/h1-4H,5-12H2,(H2,17,18,21). The Labute approximate surface area is 150 Å². The van der Waals surface area contributed by atoms with Crippen LogP contribution in [0.1, 0.15) is 0 Å². The van der Waals surface area contributed by atoms with E-state index in [-0.39, 0.29) is 0 Å². The summed E-state index contributed by atoms with van der Waals surface area (Å²) in [7, 11) is 0. The van der Waals surface area contributed by atoms with Crippen molar-refractivity contribution in [2.45, 2.75) is 4.90 Å². The number of hydrogen-bond donors (Lipinski definition) is 2. The van der Waals surface area contributed by atoms with Crippen molar-refractivity contribution in [1.82, 2.24) is 15.5 Å². The summed E-state index contributed by atoms with van der Waals surface area (Å²) in [6.07, 6.45) is 0. The minimum atomic E-state index is 0.740. The zero-order valence-electron chi connectivity index (χ0n) is 12.5. The molecule has 1 heterocycles. The first kappa shape index (κ1) is 18.0. The van der Waals surface area contributed by atoms with E-state index in [0.717, 1.165) is 61.3 Å². The number of nitrogens with one attached hydrogen (secondary N) is 2. The van der Waals surface area contributed by atoms with Crippen molar-refractivity contribution in [3.63, 3.8) is 0 Å². The van der Waals surface area contributed by atoms with Gasteiger partial charge in [0.05, 0.1) is 13.2 Å². The van der Waals surface area contributed by atoms with Crippen molar-refractivity contribution < 1.29 is 4.74 Å². The van der Waals surface area contributed by atoms with Crippen LogP contribution >= 0.6 is 39.9 Å². The average molecular weight is 404 g/mol. The molecule has 0 saturated carbocycles. The van der Waals surface area contributed by atoms with Crippen LogP contribution in [0.4, 0.5) is 0 Å². The zero-order chi connectivity index (χ0) is 15.6. The third-order valence-corrected chi connectivity index (χ3v) is 5.12. The first-order chi connectivity index (χ1) is 10.7. The second-order valence-electron chi connectivity index (χ2n) is 4.94. The molecule has 0 bridgehead atoms. The van der Waals surface area contributed by atoms with E-state index in [0.29, 0.717) is 0 Å². The molecule has 0 aliphatic carbocycles. The minimum Gasteiger partial charge on any atom is -0.379 e. The number of thioether (sulfide) groups is 1. The number of benzene rings is 1. The number of rotatable bonds is 7. The lowest BCUT2D eigenvalue weighted by molar-refractivity contribution is 0.0389. The van der Waals surface area contributed by atoms with Gasteiger partial charge in [-0.1, -0.05) is 15.9 Å². The highest BCUT2D eigenvalue weighted by Gasteiger charge is 2.09. The second-order valence-corrected chi connectivity index (χ2v) is 7.43. The molecule has 0 spiro atoms. The van der Waals surface area contributed by atoms with Crippen molar-refractivity contribution in [2.24, 2.45) is 0 Å². The Balaban J connectivity index is 1.49. The van der Waals surface area contributed by atoms with Gasteiger partial charge in [-0.15, -0.1) is 11.8 Å². The third kappa shape index (κ3) is 7.28. The maximum atomic E-state index is 5.33. The van der Waals surface area contributed by atoms with E-state index in [1.807, 2.05) is 11.8 Å². The van der Waals surface area contributed by atoms with Crippen LogP contribution in [-0.4, -0.2) is 61.7 Å². The van der Waals surface area contributed by atoms with Gasteiger partial charge >= 0.3 is 0 Å². The summed E-state index contributed by atoms with van der Waals surface area (Å²) in [6, 6.07) is 8.36. The summed E-state index contributed by atoms with van der Waals surface area (Å²) >= 11 is 10.6. The molecule has 2 N–H and O–H groups in total. The minimum absolute atomic E-state index is 0.740. The molecule has 1 aromatic rings. The molecule has 22 heavy (non-hydrogen) atoms. The fourth-order valence-corrected chi connectivity index (χ4v) is 3.32. The highest BCUT2D eigenvalue weighted by atomic mass is 79.9. The predicted octanol–water partition coefficient (Wildman–Crippen LogP) is 2.34. The monoisotopic (exact) mass is 403 g/mol. The topological polar surface area (TPSA) is 36.5 Å². The summed E-state index contributed by atoms with van der Waals surface area (Å²) in [5, 5.41) is 7.25. The summed E-state index contributed by atoms with van der Waals surface area (Å²) in [5.74, 6) is 0.993. The molecular formula is C15H22BrN3OS2. The van der Waals surface area contributed by atoms with Crippen molar-refractivity contribution >= 4 is 45.0 Å². The van der Waals surface area contributed by atoms with Crippen LogP contribution in [0, 0.1) is 0 Å². The van der Waals surface area contributed by atoms with Crippen LogP contribution in [0.5, 0.6) is 0 Å². The summed E-state index contributed by atoms with van der Waals surface area (Å²) < 4.78 is 6.44. The molecule has 1 aliphatic heterocycles. The normalized spacial score (nSPS) is 15.5. The number of morpholine rings is 1. The third-order valence-electron chi connectivity index (χ3n) is 3.29. The van der Waals surface area contributed by atoms with Crippen LogP contribution in [0.3, 0.4) is 0 Å². The average Bonchev–Trinajstić information content (AvgIpc) is 2.54. The Hall–Kier alpha value is -0.340. The molecular weight excluding hydrogens is 382 g/mol. The first-order valence-electron chi connectivity index (χ1n) is 7.44. The van der Waals surface area contributed by atoms with E-state index in [1.54, 1.807) is 0 Å². The molecule has 0 unspecified atom stereocenters. The van der Waals surface area contributed by atoms with Gasteiger partial charge in [0.15, 0.2) is 5.11 Å². The molecule has 1 fully saturated rings. The molecule has 0 amide bonds. The molecule has 4 nitrogen and oxygen atoms in total.